The highest BCUT2D eigenvalue weighted by atomic mass is 16.6. The summed E-state index contributed by atoms with van der Waals surface area (Å²) in [5.74, 6) is -0.0707. The van der Waals surface area contributed by atoms with Crippen LogP contribution in [-0.2, 0) is 30.2 Å². The molecule has 10 nitrogen and oxygen atoms in total. The van der Waals surface area contributed by atoms with E-state index in [-0.39, 0.29) is 24.7 Å². The fraction of sp³-hybridized carbons (Fsp3) is 0.667. The molecule has 3 amide bonds. The van der Waals surface area contributed by atoms with E-state index in [1.54, 1.807) is 20.8 Å². The van der Waals surface area contributed by atoms with Crippen molar-refractivity contribution in [1.82, 2.24) is 16.0 Å². The van der Waals surface area contributed by atoms with E-state index < -0.39 is 29.7 Å². The van der Waals surface area contributed by atoms with Gasteiger partial charge in [0.05, 0.1) is 25.9 Å². The highest BCUT2D eigenvalue weighted by molar-refractivity contribution is 5.91. The third-order valence-corrected chi connectivity index (χ3v) is 5.94. The van der Waals surface area contributed by atoms with E-state index in [4.69, 9.17) is 18.9 Å². The van der Waals surface area contributed by atoms with Crippen molar-refractivity contribution in [3.63, 3.8) is 0 Å². The maximum absolute atomic E-state index is 13.3. The van der Waals surface area contributed by atoms with Crippen molar-refractivity contribution in [2.24, 2.45) is 0 Å². The molecule has 0 radical (unpaired) electrons. The quantitative estimate of drug-likeness (QED) is 0.389. The molecule has 0 aromatic heterocycles. The normalized spacial score (nSPS) is 25.3. The van der Waals surface area contributed by atoms with Crippen LogP contribution in [0.3, 0.4) is 0 Å². The fourth-order valence-electron chi connectivity index (χ4n) is 3.98. The average molecular weight is 520 g/mol. The number of epoxide rings is 1. The Morgan fingerprint density at radius 1 is 1.11 bits per heavy atom. The summed E-state index contributed by atoms with van der Waals surface area (Å²) in [5, 5.41) is 8.50. The third kappa shape index (κ3) is 10.2. The summed E-state index contributed by atoms with van der Waals surface area (Å²) in [4.78, 5) is 39.1. The van der Waals surface area contributed by atoms with E-state index in [2.05, 4.69) is 16.0 Å². The number of amides is 3. The number of alkyl carbamates (subject to hydrolysis) is 1. The summed E-state index contributed by atoms with van der Waals surface area (Å²) in [6.45, 7) is 8.75. The monoisotopic (exact) mass is 519 g/mol. The maximum atomic E-state index is 13.3. The molecule has 37 heavy (non-hydrogen) atoms. The van der Waals surface area contributed by atoms with Crippen LogP contribution >= 0.6 is 0 Å². The molecule has 3 N–H and O–H groups in total. The summed E-state index contributed by atoms with van der Waals surface area (Å²) >= 11 is 0. The molecule has 1 aromatic carbocycles. The van der Waals surface area contributed by atoms with E-state index in [9.17, 15) is 14.4 Å². The van der Waals surface area contributed by atoms with Gasteiger partial charge in [-0.3, -0.25) is 9.59 Å². The van der Waals surface area contributed by atoms with E-state index in [1.165, 1.54) is 0 Å². The highest BCUT2D eigenvalue weighted by Gasteiger charge is 2.36. The Bertz CT molecular complexity index is 896. The number of ether oxygens (including phenoxy) is 4. The van der Waals surface area contributed by atoms with Gasteiger partial charge < -0.3 is 34.9 Å². The van der Waals surface area contributed by atoms with Crippen molar-refractivity contribution < 1.29 is 33.3 Å². The largest absolute Gasteiger partial charge is 0.494 e. The Kier molecular flexibility index (Phi) is 10.6. The summed E-state index contributed by atoms with van der Waals surface area (Å²) in [6.07, 6.45) is 2.25. The third-order valence-electron chi connectivity index (χ3n) is 5.94. The summed E-state index contributed by atoms with van der Waals surface area (Å²) in [5.41, 5.74) is 0.332. The zero-order valence-corrected chi connectivity index (χ0v) is 22.3. The van der Waals surface area contributed by atoms with Gasteiger partial charge in [0.1, 0.15) is 29.5 Å². The van der Waals surface area contributed by atoms with Crippen molar-refractivity contribution in [1.29, 1.82) is 0 Å². The first-order chi connectivity index (χ1) is 17.6. The van der Waals surface area contributed by atoms with Gasteiger partial charge in [0.15, 0.2) is 0 Å². The Morgan fingerprint density at radius 3 is 2.49 bits per heavy atom. The van der Waals surface area contributed by atoms with Crippen molar-refractivity contribution in [3.05, 3.63) is 29.8 Å². The lowest BCUT2D eigenvalue weighted by molar-refractivity contribution is -0.132. The van der Waals surface area contributed by atoms with Gasteiger partial charge >= 0.3 is 6.09 Å². The second-order valence-electron chi connectivity index (χ2n) is 10.5. The lowest BCUT2D eigenvalue weighted by Crippen LogP contribution is -2.57. The molecule has 206 valence electrons. The number of benzene rings is 1. The van der Waals surface area contributed by atoms with Crippen LogP contribution in [0.2, 0.25) is 0 Å². The van der Waals surface area contributed by atoms with Gasteiger partial charge in [-0.05, 0) is 70.6 Å². The van der Waals surface area contributed by atoms with Crippen LogP contribution in [0.5, 0.6) is 5.75 Å². The molecule has 1 aromatic rings. The standard InChI is InChI=1S/C27H41N3O7/c1-5-13-34-16-22-25(32)28-21(23-17-36-23)15-18-9-11-19(12-10-18)35-14-7-6-8-20(24(31)29-22)30-26(33)37-27(2,3)4/h9-12,20-23H,5-8,13-17H2,1-4H3,(H,28,32)(H,29,31)(H,30,33)/t20-,21-,22+,23+/m0/s1. The van der Waals surface area contributed by atoms with Crippen LogP contribution in [0, 0.1) is 0 Å². The highest BCUT2D eigenvalue weighted by Crippen LogP contribution is 2.21. The van der Waals surface area contributed by atoms with Crippen molar-refractivity contribution >= 4 is 17.9 Å². The molecule has 10 heteroatoms. The number of nitrogens with one attached hydrogen (secondary N) is 3. The Balaban J connectivity index is 1.79. The van der Waals surface area contributed by atoms with Crippen LogP contribution in [0.25, 0.3) is 0 Å². The molecule has 2 bridgehead atoms. The molecule has 0 aliphatic carbocycles. The second kappa shape index (κ2) is 13.6. The topological polar surface area (TPSA) is 128 Å². The van der Waals surface area contributed by atoms with Gasteiger partial charge in [0, 0.05) is 6.61 Å². The number of rotatable bonds is 6. The van der Waals surface area contributed by atoms with E-state index in [0.717, 1.165) is 17.7 Å². The van der Waals surface area contributed by atoms with Gasteiger partial charge in [-0.1, -0.05) is 19.1 Å². The Hall–Kier alpha value is -2.85. The second-order valence-corrected chi connectivity index (χ2v) is 10.5. The van der Waals surface area contributed by atoms with Crippen molar-refractivity contribution in [2.45, 2.75) is 89.6 Å². The summed E-state index contributed by atoms with van der Waals surface area (Å²) in [6, 6.07) is 5.74. The molecule has 0 unspecified atom stereocenters. The van der Waals surface area contributed by atoms with Gasteiger partial charge in [0.25, 0.3) is 0 Å². The van der Waals surface area contributed by atoms with E-state index in [0.29, 0.717) is 45.5 Å². The molecule has 0 saturated carbocycles. The number of hydrogen-bond acceptors (Lipinski definition) is 7. The molecule has 1 fully saturated rings. The van der Waals surface area contributed by atoms with Gasteiger partial charge in [-0.15, -0.1) is 0 Å². The fourth-order valence-corrected chi connectivity index (χ4v) is 3.98. The van der Waals surface area contributed by atoms with Crippen LogP contribution in [0.1, 0.15) is 58.9 Å². The first kappa shape index (κ1) is 28.7. The molecular weight excluding hydrogens is 478 g/mol. The number of hydrogen-bond donors (Lipinski definition) is 3. The Morgan fingerprint density at radius 2 is 1.84 bits per heavy atom. The van der Waals surface area contributed by atoms with Crippen LogP contribution in [0.4, 0.5) is 4.79 Å². The zero-order chi connectivity index (χ0) is 26.8. The van der Waals surface area contributed by atoms with Crippen LogP contribution in [0.15, 0.2) is 24.3 Å². The van der Waals surface area contributed by atoms with Crippen molar-refractivity contribution in [3.8, 4) is 5.75 Å². The SMILES string of the molecule is CCCOC[C@H]1NC(=O)[C@@H](NC(=O)OC(C)(C)C)CCCCOc2ccc(cc2)C[C@@H]([C@H]2CO2)NC1=O. The molecule has 3 heterocycles. The first-order valence-corrected chi connectivity index (χ1v) is 13.2. The number of carbonyl (C=O) groups excluding carboxylic acids is 3. The minimum Gasteiger partial charge on any atom is -0.494 e. The van der Waals surface area contributed by atoms with E-state index in [1.807, 2.05) is 31.2 Å². The van der Waals surface area contributed by atoms with Gasteiger partial charge in [-0.25, -0.2) is 4.79 Å². The zero-order valence-electron chi connectivity index (χ0n) is 22.3. The smallest absolute Gasteiger partial charge is 0.408 e. The lowest BCUT2D eigenvalue weighted by atomic mass is 10.0. The number of carbonyl (C=O) groups is 3. The molecule has 4 atom stereocenters. The molecule has 4 rings (SSSR count). The lowest BCUT2D eigenvalue weighted by Gasteiger charge is -2.26. The average Bonchev–Trinajstić information content (AvgIpc) is 3.67. The molecule has 3 aliphatic rings. The maximum Gasteiger partial charge on any atom is 0.408 e. The molecule has 3 aliphatic heterocycles. The van der Waals surface area contributed by atoms with Crippen LogP contribution in [-0.4, -0.2) is 74.2 Å². The first-order valence-electron chi connectivity index (χ1n) is 13.2. The predicted octanol–water partition coefficient (Wildman–Crippen LogP) is 2.48. The predicted molar refractivity (Wildman–Crippen MR) is 137 cm³/mol. The number of fused-ring (bicyclic) bond motifs is 14. The summed E-state index contributed by atoms with van der Waals surface area (Å²) in [7, 11) is 0. The van der Waals surface area contributed by atoms with Crippen LogP contribution < -0.4 is 20.7 Å². The molecule has 1 saturated heterocycles. The van der Waals surface area contributed by atoms with Crippen molar-refractivity contribution in [2.75, 3.05) is 26.4 Å². The molecular formula is C27H41N3O7. The minimum atomic E-state index is -0.926. The minimum absolute atomic E-state index is 0.0192. The van der Waals surface area contributed by atoms with Gasteiger partial charge in [0.2, 0.25) is 11.8 Å². The molecule has 0 spiro atoms. The van der Waals surface area contributed by atoms with E-state index >= 15 is 0 Å². The van der Waals surface area contributed by atoms with Gasteiger partial charge in [-0.2, -0.15) is 0 Å². The summed E-state index contributed by atoms with van der Waals surface area (Å²) < 4.78 is 22.3. The Labute approximate surface area is 219 Å².